The number of aryl methyl sites for hydroxylation is 1. The van der Waals surface area contributed by atoms with Crippen LogP contribution in [0.25, 0.3) is 0 Å². The van der Waals surface area contributed by atoms with E-state index < -0.39 is 0 Å². The van der Waals surface area contributed by atoms with E-state index in [2.05, 4.69) is 14.9 Å². The number of carbonyl (C=O) groups is 1. The van der Waals surface area contributed by atoms with Gasteiger partial charge in [0.15, 0.2) is 0 Å². The lowest BCUT2D eigenvalue weighted by Crippen LogP contribution is -2.49. The van der Waals surface area contributed by atoms with Crippen LogP contribution in [0, 0.1) is 6.92 Å². The number of anilines is 1. The number of hydrogen-bond donors (Lipinski definition) is 0. The van der Waals surface area contributed by atoms with Crippen molar-refractivity contribution in [3.8, 4) is 11.6 Å². The Morgan fingerprint density at radius 2 is 1.85 bits per heavy atom. The van der Waals surface area contributed by atoms with Crippen LogP contribution in [-0.2, 0) is 0 Å². The Morgan fingerprint density at radius 1 is 1.11 bits per heavy atom. The minimum atomic E-state index is 0.0243. The minimum Gasteiger partial charge on any atom is -0.497 e. The van der Waals surface area contributed by atoms with Crippen LogP contribution in [0.15, 0.2) is 30.3 Å². The first-order valence-corrected chi connectivity index (χ1v) is 9.17. The van der Waals surface area contributed by atoms with Gasteiger partial charge in [-0.2, -0.15) is 4.98 Å². The lowest BCUT2D eigenvalue weighted by molar-refractivity contribution is 0.0746. The summed E-state index contributed by atoms with van der Waals surface area (Å²) < 4.78 is 10.9. The van der Waals surface area contributed by atoms with Crippen LogP contribution in [0.5, 0.6) is 11.6 Å². The van der Waals surface area contributed by atoms with Gasteiger partial charge in [-0.1, -0.05) is 6.07 Å². The van der Waals surface area contributed by atoms with Crippen molar-refractivity contribution >= 4 is 11.7 Å². The Balaban J connectivity index is 1.66. The summed E-state index contributed by atoms with van der Waals surface area (Å²) in [6.07, 6.45) is 0.0597. The van der Waals surface area contributed by atoms with E-state index in [1.165, 1.54) is 0 Å². The molecule has 27 heavy (non-hydrogen) atoms. The first-order valence-electron chi connectivity index (χ1n) is 9.17. The summed E-state index contributed by atoms with van der Waals surface area (Å²) in [5.74, 6) is 2.82. The number of aromatic nitrogens is 2. The average Bonchev–Trinajstić information content (AvgIpc) is 2.66. The topological polar surface area (TPSA) is 67.8 Å². The Morgan fingerprint density at radius 3 is 2.52 bits per heavy atom. The normalized spacial score (nSPS) is 14.4. The molecular formula is C20H26N4O3. The van der Waals surface area contributed by atoms with Crippen molar-refractivity contribution in [2.45, 2.75) is 26.9 Å². The standard InChI is InChI=1S/C20H26N4O3/c1-14(2)27-19-13-18(21-15(3)22-19)23-8-10-24(11-9-23)20(25)16-6-5-7-17(12-16)26-4/h5-7,12-14H,8-11H2,1-4H3. The minimum absolute atomic E-state index is 0.0243. The van der Waals surface area contributed by atoms with E-state index in [1.807, 2.05) is 49.9 Å². The van der Waals surface area contributed by atoms with Gasteiger partial charge in [0.25, 0.3) is 5.91 Å². The fraction of sp³-hybridized carbons (Fsp3) is 0.450. The number of rotatable bonds is 5. The van der Waals surface area contributed by atoms with Crippen molar-refractivity contribution in [3.05, 3.63) is 41.7 Å². The molecule has 7 nitrogen and oxygen atoms in total. The second kappa shape index (κ2) is 8.24. The molecule has 0 unspecified atom stereocenters. The van der Waals surface area contributed by atoms with Gasteiger partial charge in [0.05, 0.1) is 13.2 Å². The maximum Gasteiger partial charge on any atom is 0.254 e. The number of methoxy groups -OCH3 is 1. The van der Waals surface area contributed by atoms with Crippen LogP contribution < -0.4 is 14.4 Å². The van der Waals surface area contributed by atoms with Gasteiger partial charge in [0.1, 0.15) is 17.4 Å². The zero-order valence-corrected chi connectivity index (χ0v) is 16.3. The third kappa shape index (κ3) is 4.67. The van der Waals surface area contributed by atoms with Gasteiger partial charge >= 0.3 is 0 Å². The molecule has 2 heterocycles. The number of piperazine rings is 1. The molecule has 3 rings (SSSR count). The molecule has 1 aliphatic heterocycles. The average molecular weight is 370 g/mol. The predicted molar refractivity (Wildman–Crippen MR) is 104 cm³/mol. The van der Waals surface area contributed by atoms with Gasteiger partial charge in [0, 0.05) is 37.8 Å². The van der Waals surface area contributed by atoms with Gasteiger partial charge in [-0.25, -0.2) is 4.98 Å². The molecule has 0 saturated carbocycles. The second-order valence-electron chi connectivity index (χ2n) is 6.79. The molecule has 1 fully saturated rings. The SMILES string of the molecule is COc1cccc(C(=O)N2CCN(c3cc(OC(C)C)nc(C)n3)CC2)c1. The third-order valence-electron chi connectivity index (χ3n) is 4.36. The molecule has 0 atom stereocenters. The molecule has 1 saturated heterocycles. The van der Waals surface area contributed by atoms with Crippen molar-refractivity contribution in [2.24, 2.45) is 0 Å². The number of benzene rings is 1. The van der Waals surface area contributed by atoms with Crippen LogP contribution in [-0.4, -0.2) is 60.2 Å². The molecule has 2 aromatic rings. The fourth-order valence-electron chi connectivity index (χ4n) is 3.07. The molecule has 1 aromatic carbocycles. The smallest absolute Gasteiger partial charge is 0.254 e. The van der Waals surface area contributed by atoms with E-state index >= 15 is 0 Å². The van der Waals surface area contributed by atoms with E-state index in [9.17, 15) is 4.79 Å². The van der Waals surface area contributed by atoms with Crippen molar-refractivity contribution < 1.29 is 14.3 Å². The molecular weight excluding hydrogens is 344 g/mol. The molecule has 7 heteroatoms. The highest BCUT2D eigenvalue weighted by Crippen LogP contribution is 2.21. The monoisotopic (exact) mass is 370 g/mol. The van der Waals surface area contributed by atoms with Crippen LogP contribution in [0.1, 0.15) is 30.0 Å². The van der Waals surface area contributed by atoms with E-state index in [4.69, 9.17) is 9.47 Å². The van der Waals surface area contributed by atoms with Crippen molar-refractivity contribution in [1.29, 1.82) is 0 Å². The zero-order chi connectivity index (χ0) is 19.4. The van der Waals surface area contributed by atoms with Gasteiger partial charge < -0.3 is 19.3 Å². The van der Waals surface area contributed by atoms with Crippen molar-refractivity contribution in [1.82, 2.24) is 14.9 Å². The largest absolute Gasteiger partial charge is 0.497 e. The van der Waals surface area contributed by atoms with Gasteiger partial charge in [0.2, 0.25) is 5.88 Å². The van der Waals surface area contributed by atoms with Crippen LogP contribution in [0.2, 0.25) is 0 Å². The van der Waals surface area contributed by atoms with E-state index in [1.54, 1.807) is 13.2 Å². The highest BCUT2D eigenvalue weighted by molar-refractivity contribution is 5.94. The van der Waals surface area contributed by atoms with E-state index in [-0.39, 0.29) is 12.0 Å². The van der Waals surface area contributed by atoms with Gasteiger partial charge in [-0.05, 0) is 39.0 Å². The molecule has 1 aliphatic rings. The Hall–Kier alpha value is -2.83. The van der Waals surface area contributed by atoms with Crippen molar-refractivity contribution in [2.75, 3.05) is 38.2 Å². The summed E-state index contributed by atoms with van der Waals surface area (Å²) in [4.78, 5) is 25.6. The maximum atomic E-state index is 12.7. The Bertz CT molecular complexity index is 802. The van der Waals surface area contributed by atoms with E-state index in [0.717, 1.165) is 5.82 Å². The molecule has 1 aromatic heterocycles. The quantitative estimate of drug-likeness (QED) is 0.806. The highest BCUT2D eigenvalue weighted by atomic mass is 16.5. The number of nitrogens with zero attached hydrogens (tertiary/aromatic N) is 4. The molecule has 1 amide bonds. The number of ether oxygens (including phenoxy) is 2. The first-order chi connectivity index (χ1) is 13.0. The van der Waals surface area contributed by atoms with Crippen LogP contribution >= 0.6 is 0 Å². The Labute approximate surface area is 159 Å². The van der Waals surface area contributed by atoms with Crippen molar-refractivity contribution in [3.63, 3.8) is 0 Å². The van der Waals surface area contributed by atoms with Gasteiger partial charge in [-0.15, -0.1) is 0 Å². The first kappa shape index (κ1) is 18.9. The van der Waals surface area contributed by atoms with Crippen LogP contribution in [0.4, 0.5) is 5.82 Å². The summed E-state index contributed by atoms with van der Waals surface area (Å²) in [5, 5.41) is 0. The molecule has 0 aliphatic carbocycles. The number of hydrogen-bond acceptors (Lipinski definition) is 6. The molecule has 0 bridgehead atoms. The second-order valence-corrected chi connectivity index (χ2v) is 6.79. The maximum absolute atomic E-state index is 12.7. The van der Waals surface area contributed by atoms with Gasteiger partial charge in [-0.3, -0.25) is 4.79 Å². The summed E-state index contributed by atoms with van der Waals surface area (Å²) in [6.45, 7) is 8.51. The number of amides is 1. The van der Waals surface area contributed by atoms with E-state index in [0.29, 0.717) is 49.2 Å². The molecule has 144 valence electrons. The fourth-order valence-corrected chi connectivity index (χ4v) is 3.07. The van der Waals surface area contributed by atoms with Crippen LogP contribution in [0.3, 0.4) is 0 Å². The molecule has 0 radical (unpaired) electrons. The summed E-state index contributed by atoms with van der Waals surface area (Å²) >= 11 is 0. The zero-order valence-electron chi connectivity index (χ0n) is 16.3. The number of carbonyl (C=O) groups excluding carboxylic acids is 1. The molecule has 0 N–H and O–H groups in total. The summed E-state index contributed by atoms with van der Waals surface area (Å²) in [5.41, 5.74) is 0.647. The third-order valence-corrected chi connectivity index (χ3v) is 4.36. The Kier molecular flexibility index (Phi) is 5.78. The summed E-state index contributed by atoms with van der Waals surface area (Å²) in [6, 6.07) is 9.14. The lowest BCUT2D eigenvalue weighted by Gasteiger charge is -2.35. The lowest BCUT2D eigenvalue weighted by atomic mass is 10.1. The predicted octanol–water partition coefficient (Wildman–Crippen LogP) is 2.54. The summed E-state index contributed by atoms with van der Waals surface area (Å²) in [7, 11) is 1.60. The highest BCUT2D eigenvalue weighted by Gasteiger charge is 2.24. The molecule has 0 spiro atoms.